The minimum absolute atomic E-state index is 0.0631. The second kappa shape index (κ2) is 6.59. The monoisotopic (exact) mass is 303 g/mol. The fourth-order valence-electron chi connectivity index (χ4n) is 3.20. The van der Waals surface area contributed by atoms with Gasteiger partial charge in [0.15, 0.2) is 5.96 Å². The van der Waals surface area contributed by atoms with Gasteiger partial charge in [0.25, 0.3) is 0 Å². The Bertz CT molecular complexity index is 525. The van der Waals surface area contributed by atoms with Gasteiger partial charge in [-0.2, -0.15) is 0 Å². The zero-order valence-corrected chi connectivity index (χ0v) is 14.3. The van der Waals surface area contributed by atoms with Crippen molar-refractivity contribution in [1.29, 1.82) is 0 Å². The molecule has 4 heteroatoms. The van der Waals surface area contributed by atoms with Crippen LogP contribution in [-0.2, 0) is 5.41 Å². The summed E-state index contributed by atoms with van der Waals surface area (Å²) >= 11 is 0. The summed E-state index contributed by atoms with van der Waals surface area (Å²) in [6.45, 7) is 6.99. The van der Waals surface area contributed by atoms with Crippen LogP contribution in [0.5, 0.6) is 5.75 Å². The molecule has 1 saturated carbocycles. The molecular weight excluding hydrogens is 274 g/mol. The average Bonchev–Trinajstić information content (AvgIpc) is 2.94. The van der Waals surface area contributed by atoms with Crippen LogP contribution in [-0.4, -0.2) is 25.2 Å². The summed E-state index contributed by atoms with van der Waals surface area (Å²) in [7, 11) is 1.71. The first-order valence-electron chi connectivity index (χ1n) is 8.07. The molecule has 0 aliphatic heterocycles. The summed E-state index contributed by atoms with van der Waals surface area (Å²) in [6.07, 6.45) is 4.82. The summed E-state index contributed by atoms with van der Waals surface area (Å²) in [4.78, 5) is 4.64. The number of hydrogen-bond acceptors (Lipinski definition) is 2. The van der Waals surface area contributed by atoms with Crippen LogP contribution in [0, 0.1) is 0 Å². The molecule has 0 saturated heterocycles. The van der Waals surface area contributed by atoms with E-state index < -0.39 is 0 Å². The predicted octanol–water partition coefficient (Wildman–Crippen LogP) is 3.21. The van der Waals surface area contributed by atoms with Crippen LogP contribution in [0.15, 0.2) is 29.3 Å². The summed E-state index contributed by atoms with van der Waals surface area (Å²) in [6, 6.07) is 8.39. The second-order valence-electron chi connectivity index (χ2n) is 7.30. The minimum atomic E-state index is -0.0631. The van der Waals surface area contributed by atoms with Crippen molar-refractivity contribution < 1.29 is 4.74 Å². The molecule has 0 spiro atoms. The van der Waals surface area contributed by atoms with E-state index in [1.807, 2.05) is 6.07 Å². The molecular formula is C18H29N3O. The smallest absolute Gasteiger partial charge is 0.189 e. The lowest BCUT2D eigenvalue weighted by atomic mass is 9.79. The van der Waals surface area contributed by atoms with Crippen LogP contribution in [0.25, 0.3) is 0 Å². The van der Waals surface area contributed by atoms with E-state index in [0.717, 1.165) is 25.1 Å². The molecule has 1 fully saturated rings. The van der Waals surface area contributed by atoms with Crippen molar-refractivity contribution >= 4 is 5.96 Å². The van der Waals surface area contributed by atoms with Crippen LogP contribution >= 0.6 is 0 Å². The van der Waals surface area contributed by atoms with Gasteiger partial charge < -0.3 is 15.8 Å². The molecule has 0 heterocycles. The van der Waals surface area contributed by atoms with Crippen LogP contribution < -0.4 is 15.8 Å². The number of methoxy groups -OCH3 is 1. The Hall–Kier alpha value is -1.71. The quantitative estimate of drug-likeness (QED) is 0.663. The lowest BCUT2D eigenvalue weighted by Crippen LogP contribution is -2.45. The molecule has 22 heavy (non-hydrogen) atoms. The summed E-state index contributed by atoms with van der Waals surface area (Å²) in [5.41, 5.74) is 7.39. The SMILES string of the molecule is COc1cccc(C2(CN=C(N)NC(C)(C)C)CCCC2)c1. The van der Waals surface area contributed by atoms with Crippen LogP contribution in [0.4, 0.5) is 0 Å². The number of nitrogens with one attached hydrogen (secondary N) is 1. The molecule has 1 aliphatic carbocycles. The van der Waals surface area contributed by atoms with Gasteiger partial charge in [0, 0.05) is 11.0 Å². The van der Waals surface area contributed by atoms with Crippen molar-refractivity contribution in [1.82, 2.24) is 5.32 Å². The molecule has 0 radical (unpaired) electrons. The Morgan fingerprint density at radius 3 is 2.59 bits per heavy atom. The van der Waals surface area contributed by atoms with Crippen LogP contribution in [0.3, 0.4) is 0 Å². The van der Waals surface area contributed by atoms with Gasteiger partial charge in [0.2, 0.25) is 0 Å². The maximum atomic E-state index is 6.05. The number of aliphatic imine (C=N–C) groups is 1. The van der Waals surface area contributed by atoms with Crippen molar-refractivity contribution in [3.8, 4) is 5.75 Å². The Morgan fingerprint density at radius 2 is 2.00 bits per heavy atom. The van der Waals surface area contributed by atoms with E-state index in [1.54, 1.807) is 7.11 Å². The van der Waals surface area contributed by atoms with Crippen LogP contribution in [0.2, 0.25) is 0 Å². The molecule has 0 bridgehead atoms. The maximum Gasteiger partial charge on any atom is 0.189 e. The molecule has 122 valence electrons. The van der Waals surface area contributed by atoms with Gasteiger partial charge in [-0.3, -0.25) is 4.99 Å². The molecule has 2 rings (SSSR count). The number of benzene rings is 1. The zero-order chi connectivity index (χ0) is 16.2. The number of rotatable bonds is 4. The Morgan fingerprint density at radius 1 is 1.32 bits per heavy atom. The van der Waals surface area contributed by atoms with Gasteiger partial charge in [0.05, 0.1) is 13.7 Å². The highest BCUT2D eigenvalue weighted by Gasteiger charge is 2.35. The van der Waals surface area contributed by atoms with E-state index in [2.05, 4.69) is 49.3 Å². The Kier molecular flexibility index (Phi) is 4.99. The van der Waals surface area contributed by atoms with Crippen LogP contribution in [0.1, 0.15) is 52.0 Å². The second-order valence-corrected chi connectivity index (χ2v) is 7.30. The van der Waals surface area contributed by atoms with E-state index in [1.165, 1.54) is 18.4 Å². The highest BCUT2D eigenvalue weighted by Crippen LogP contribution is 2.42. The van der Waals surface area contributed by atoms with E-state index >= 15 is 0 Å². The lowest BCUT2D eigenvalue weighted by molar-refractivity contribution is 0.407. The number of nitrogens with zero attached hydrogens (tertiary/aromatic N) is 1. The fourth-order valence-corrected chi connectivity index (χ4v) is 3.20. The molecule has 4 nitrogen and oxygen atoms in total. The van der Waals surface area contributed by atoms with Gasteiger partial charge in [-0.25, -0.2) is 0 Å². The number of nitrogens with two attached hydrogens (primary N) is 1. The van der Waals surface area contributed by atoms with Crippen molar-refractivity contribution in [2.75, 3.05) is 13.7 Å². The molecule has 0 amide bonds. The highest BCUT2D eigenvalue weighted by molar-refractivity contribution is 5.78. The molecule has 0 aromatic heterocycles. The van der Waals surface area contributed by atoms with E-state index in [4.69, 9.17) is 10.5 Å². The molecule has 3 N–H and O–H groups in total. The number of ether oxygens (including phenoxy) is 1. The third kappa shape index (κ3) is 4.15. The molecule has 1 aromatic rings. The highest BCUT2D eigenvalue weighted by atomic mass is 16.5. The van der Waals surface area contributed by atoms with E-state index in [9.17, 15) is 0 Å². The molecule has 0 unspecified atom stereocenters. The minimum Gasteiger partial charge on any atom is -0.497 e. The molecule has 1 aliphatic rings. The van der Waals surface area contributed by atoms with Gasteiger partial charge in [-0.15, -0.1) is 0 Å². The van der Waals surface area contributed by atoms with Gasteiger partial charge in [-0.05, 0) is 51.3 Å². The first-order valence-corrected chi connectivity index (χ1v) is 8.07. The Balaban J connectivity index is 2.20. The predicted molar refractivity (Wildman–Crippen MR) is 92.5 cm³/mol. The fraction of sp³-hybridized carbons (Fsp3) is 0.611. The van der Waals surface area contributed by atoms with Crippen molar-refractivity contribution in [2.45, 2.75) is 57.4 Å². The van der Waals surface area contributed by atoms with Gasteiger partial charge in [-0.1, -0.05) is 25.0 Å². The summed E-state index contributed by atoms with van der Waals surface area (Å²) < 4.78 is 5.38. The normalized spacial score (nSPS) is 18.3. The zero-order valence-electron chi connectivity index (χ0n) is 14.3. The van der Waals surface area contributed by atoms with Gasteiger partial charge >= 0.3 is 0 Å². The topological polar surface area (TPSA) is 59.6 Å². The van der Waals surface area contributed by atoms with Crippen molar-refractivity contribution in [3.05, 3.63) is 29.8 Å². The largest absolute Gasteiger partial charge is 0.497 e. The van der Waals surface area contributed by atoms with Crippen molar-refractivity contribution in [2.24, 2.45) is 10.7 Å². The van der Waals surface area contributed by atoms with Crippen molar-refractivity contribution in [3.63, 3.8) is 0 Å². The Labute approximate surface area is 134 Å². The third-order valence-corrected chi connectivity index (χ3v) is 4.30. The van der Waals surface area contributed by atoms with E-state index in [-0.39, 0.29) is 11.0 Å². The average molecular weight is 303 g/mol. The number of guanidine groups is 1. The molecule has 0 atom stereocenters. The van der Waals surface area contributed by atoms with Gasteiger partial charge in [0.1, 0.15) is 5.75 Å². The number of hydrogen-bond donors (Lipinski definition) is 2. The first kappa shape index (κ1) is 16.7. The third-order valence-electron chi connectivity index (χ3n) is 4.30. The van der Waals surface area contributed by atoms with E-state index in [0.29, 0.717) is 5.96 Å². The lowest BCUT2D eigenvalue weighted by Gasteiger charge is -2.29. The standard InChI is InChI=1S/C18H29N3O/c1-17(2,3)21-16(19)20-13-18(10-5-6-11-18)14-8-7-9-15(12-14)22-4/h7-9,12H,5-6,10-11,13H2,1-4H3,(H3,19,20,21). The first-order chi connectivity index (χ1) is 10.3. The molecule has 1 aromatic carbocycles. The maximum absolute atomic E-state index is 6.05. The summed E-state index contributed by atoms with van der Waals surface area (Å²) in [5.74, 6) is 1.44. The summed E-state index contributed by atoms with van der Waals surface area (Å²) in [5, 5.41) is 3.24.